The van der Waals surface area contributed by atoms with E-state index in [4.69, 9.17) is 0 Å². The van der Waals surface area contributed by atoms with E-state index in [1.165, 1.54) is 11.6 Å². The molecule has 1 unspecified atom stereocenters. The van der Waals surface area contributed by atoms with E-state index < -0.39 is 0 Å². The van der Waals surface area contributed by atoms with Gasteiger partial charge in [-0.2, -0.15) is 0 Å². The predicted octanol–water partition coefficient (Wildman–Crippen LogP) is 3.24. The number of halogens is 1. The van der Waals surface area contributed by atoms with Gasteiger partial charge in [0.05, 0.1) is 6.04 Å². The molecular weight excluding hydrogens is 305 g/mol. The molecule has 0 spiro atoms. The zero-order chi connectivity index (χ0) is 17.5. The predicted molar refractivity (Wildman–Crippen MR) is 94.2 cm³/mol. The second kappa shape index (κ2) is 8.45. The highest BCUT2D eigenvalue weighted by Crippen LogP contribution is 2.17. The Kier molecular flexibility index (Phi) is 6.32. The topological polar surface area (TPSA) is 44.4 Å². The van der Waals surface area contributed by atoms with Crippen molar-refractivity contribution in [2.24, 2.45) is 0 Å². The van der Waals surface area contributed by atoms with Crippen molar-refractivity contribution in [3.63, 3.8) is 0 Å². The fraction of sp³-hybridized carbons (Fsp3) is 0.316. The lowest BCUT2D eigenvalue weighted by molar-refractivity contribution is 0.232. The Morgan fingerprint density at radius 3 is 2.38 bits per heavy atom. The van der Waals surface area contributed by atoms with Crippen molar-refractivity contribution < 1.29 is 9.18 Å². The molecule has 0 aliphatic heterocycles. The van der Waals surface area contributed by atoms with E-state index in [0.29, 0.717) is 12.1 Å². The van der Waals surface area contributed by atoms with Gasteiger partial charge >= 0.3 is 6.03 Å². The Hall–Kier alpha value is -2.40. The highest BCUT2D eigenvalue weighted by Gasteiger charge is 2.15. The van der Waals surface area contributed by atoms with Crippen LogP contribution >= 0.6 is 0 Å². The van der Waals surface area contributed by atoms with Gasteiger partial charge in [-0.1, -0.05) is 48.0 Å². The molecule has 0 aliphatic carbocycles. The molecule has 0 saturated carbocycles. The summed E-state index contributed by atoms with van der Waals surface area (Å²) in [5.74, 6) is -0.316. The highest BCUT2D eigenvalue weighted by atomic mass is 19.1. The number of carbonyl (C=O) groups excluding carboxylic acids is 1. The molecule has 2 rings (SSSR count). The third-order valence-electron chi connectivity index (χ3n) is 3.94. The minimum atomic E-state index is -0.316. The van der Waals surface area contributed by atoms with Crippen LogP contribution in [0.25, 0.3) is 0 Å². The molecule has 0 radical (unpaired) electrons. The maximum Gasteiger partial charge on any atom is 0.315 e. The molecule has 5 heteroatoms. The van der Waals surface area contributed by atoms with Crippen molar-refractivity contribution in [2.75, 3.05) is 20.6 Å². The van der Waals surface area contributed by atoms with Crippen molar-refractivity contribution in [3.8, 4) is 0 Å². The van der Waals surface area contributed by atoms with Gasteiger partial charge in [-0.15, -0.1) is 0 Å². The van der Waals surface area contributed by atoms with Crippen LogP contribution in [0.3, 0.4) is 0 Å². The zero-order valence-electron chi connectivity index (χ0n) is 14.3. The van der Waals surface area contributed by atoms with Crippen LogP contribution < -0.4 is 10.6 Å². The second-order valence-corrected chi connectivity index (χ2v) is 6.05. The first-order valence-electron chi connectivity index (χ1n) is 7.95. The van der Waals surface area contributed by atoms with E-state index in [1.807, 2.05) is 21.0 Å². The van der Waals surface area contributed by atoms with Crippen LogP contribution in [0.5, 0.6) is 0 Å². The number of carbonyl (C=O) groups is 1. The van der Waals surface area contributed by atoms with E-state index in [-0.39, 0.29) is 24.4 Å². The highest BCUT2D eigenvalue weighted by molar-refractivity contribution is 5.73. The number of nitrogens with one attached hydrogen (secondary N) is 2. The Morgan fingerprint density at radius 1 is 1.08 bits per heavy atom. The number of likely N-dealkylation sites (N-methyl/N-ethyl adjacent to an activating group) is 1. The fourth-order valence-corrected chi connectivity index (χ4v) is 2.46. The minimum absolute atomic E-state index is 0.0739. The summed E-state index contributed by atoms with van der Waals surface area (Å²) in [7, 11) is 3.95. The number of amides is 2. The third-order valence-corrected chi connectivity index (χ3v) is 3.94. The number of hydrogen-bond acceptors (Lipinski definition) is 2. The lowest BCUT2D eigenvalue weighted by Crippen LogP contribution is -2.40. The first kappa shape index (κ1) is 17.9. The largest absolute Gasteiger partial charge is 0.336 e. The van der Waals surface area contributed by atoms with Crippen LogP contribution in [0.2, 0.25) is 0 Å². The number of aryl methyl sites for hydroxylation is 1. The van der Waals surface area contributed by atoms with E-state index >= 15 is 0 Å². The summed E-state index contributed by atoms with van der Waals surface area (Å²) in [5.41, 5.74) is 2.81. The van der Waals surface area contributed by atoms with Crippen molar-refractivity contribution >= 4 is 6.03 Å². The lowest BCUT2D eigenvalue weighted by Gasteiger charge is -2.25. The van der Waals surface area contributed by atoms with Crippen molar-refractivity contribution in [1.82, 2.24) is 15.5 Å². The summed E-state index contributed by atoms with van der Waals surface area (Å²) in [6, 6.07) is 14.4. The van der Waals surface area contributed by atoms with Gasteiger partial charge in [-0.3, -0.25) is 0 Å². The van der Waals surface area contributed by atoms with Gasteiger partial charge < -0.3 is 15.5 Å². The van der Waals surface area contributed by atoms with Gasteiger partial charge in [0.15, 0.2) is 0 Å². The smallest absolute Gasteiger partial charge is 0.315 e. The number of nitrogens with zero attached hydrogens (tertiary/aromatic N) is 1. The van der Waals surface area contributed by atoms with Crippen LogP contribution in [0.1, 0.15) is 22.7 Å². The van der Waals surface area contributed by atoms with Crippen LogP contribution in [-0.2, 0) is 6.54 Å². The van der Waals surface area contributed by atoms with E-state index in [0.717, 1.165) is 5.56 Å². The molecule has 0 fully saturated rings. The molecule has 2 N–H and O–H groups in total. The van der Waals surface area contributed by atoms with Gasteiger partial charge in [0, 0.05) is 18.7 Å². The van der Waals surface area contributed by atoms with Crippen LogP contribution in [0.15, 0.2) is 48.5 Å². The van der Waals surface area contributed by atoms with Gasteiger partial charge in [-0.25, -0.2) is 9.18 Å². The first-order valence-corrected chi connectivity index (χ1v) is 7.95. The Balaban J connectivity index is 1.88. The average molecular weight is 329 g/mol. The zero-order valence-corrected chi connectivity index (χ0v) is 14.3. The van der Waals surface area contributed by atoms with E-state index in [2.05, 4.69) is 39.8 Å². The SMILES string of the molecule is Cc1ccc(C(CNC(=O)NCc2ccccc2F)N(C)C)cc1. The number of hydrogen-bond donors (Lipinski definition) is 2. The van der Waals surface area contributed by atoms with Gasteiger partial charge in [0.1, 0.15) is 5.82 Å². The quantitative estimate of drug-likeness (QED) is 0.854. The van der Waals surface area contributed by atoms with E-state index in [1.54, 1.807) is 18.2 Å². The molecule has 2 aromatic rings. The summed E-state index contributed by atoms with van der Waals surface area (Å²) < 4.78 is 13.5. The molecule has 4 nitrogen and oxygen atoms in total. The monoisotopic (exact) mass is 329 g/mol. The summed E-state index contributed by atoms with van der Waals surface area (Å²) in [6.45, 7) is 2.68. The summed E-state index contributed by atoms with van der Waals surface area (Å²) in [6.07, 6.45) is 0. The molecular formula is C19H24FN3O. The first-order chi connectivity index (χ1) is 11.5. The maximum absolute atomic E-state index is 13.5. The van der Waals surface area contributed by atoms with Gasteiger partial charge in [-0.05, 0) is 32.6 Å². The van der Waals surface area contributed by atoms with Crippen LogP contribution in [-0.4, -0.2) is 31.6 Å². The maximum atomic E-state index is 13.5. The average Bonchev–Trinajstić information content (AvgIpc) is 2.55. The van der Waals surface area contributed by atoms with E-state index in [9.17, 15) is 9.18 Å². The summed E-state index contributed by atoms with van der Waals surface area (Å²) in [4.78, 5) is 14.0. The Bertz CT molecular complexity index is 671. The molecule has 2 amide bonds. The molecule has 1 atom stereocenters. The summed E-state index contributed by atoms with van der Waals surface area (Å²) in [5, 5.41) is 5.54. The van der Waals surface area contributed by atoms with Crippen molar-refractivity contribution in [1.29, 1.82) is 0 Å². The Labute approximate surface area is 142 Å². The Morgan fingerprint density at radius 2 is 1.75 bits per heavy atom. The molecule has 128 valence electrons. The molecule has 0 bridgehead atoms. The molecule has 0 saturated heterocycles. The molecule has 2 aromatic carbocycles. The molecule has 0 aromatic heterocycles. The normalized spacial score (nSPS) is 12.0. The minimum Gasteiger partial charge on any atom is -0.336 e. The molecule has 0 aliphatic rings. The van der Waals surface area contributed by atoms with Crippen molar-refractivity contribution in [2.45, 2.75) is 19.5 Å². The molecule has 0 heterocycles. The lowest BCUT2D eigenvalue weighted by atomic mass is 10.0. The van der Waals surface area contributed by atoms with Crippen LogP contribution in [0, 0.1) is 12.7 Å². The third kappa shape index (κ3) is 5.06. The van der Waals surface area contributed by atoms with Gasteiger partial charge in [0.2, 0.25) is 0 Å². The standard InChI is InChI=1S/C19H24FN3O/c1-14-8-10-15(11-9-14)18(23(2)3)13-22-19(24)21-12-16-6-4-5-7-17(16)20/h4-11,18H,12-13H2,1-3H3,(H2,21,22,24). The number of benzene rings is 2. The van der Waals surface area contributed by atoms with Crippen molar-refractivity contribution in [3.05, 3.63) is 71.0 Å². The molecule has 24 heavy (non-hydrogen) atoms. The number of rotatable bonds is 6. The van der Waals surface area contributed by atoms with Gasteiger partial charge in [0.25, 0.3) is 0 Å². The summed E-state index contributed by atoms with van der Waals surface area (Å²) >= 11 is 0. The number of urea groups is 1. The van der Waals surface area contributed by atoms with Crippen LogP contribution in [0.4, 0.5) is 9.18 Å². The fourth-order valence-electron chi connectivity index (χ4n) is 2.46. The second-order valence-electron chi connectivity index (χ2n) is 6.05.